The van der Waals surface area contributed by atoms with Gasteiger partial charge in [0.1, 0.15) is 11.4 Å². The zero-order valence-electron chi connectivity index (χ0n) is 6.95. The van der Waals surface area contributed by atoms with Gasteiger partial charge in [-0.15, -0.1) is 5.10 Å². The SMILES string of the molecule is Cn1cc(-n2cc(C=O)nn2)cn1. The first kappa shape index (κ1) is 7.66. The summed E-state index contributed by atoms with van der Waals surface area (Å²) in [4.78, 5) is 10.3. The number of carbonyl (C=O) groups excluding carboxylic acids is 1. The van der Waals surface area contributed by atoms with Crippen molar-refractivity contribution >= 4 is 6.29 Å². The summed E-state index contributed by atoms with van der Waals surface area (Å²) in [6.45, 7) is 0. The van der Waals surface area contributed by atoms with Crippen molar-refractivity contribution in [2.45, 2.75) is 0 Å². The van der Waals surface area contributed by atoms with E-state index in [0.717, 1.165) is 5.69 Å². The normalized spacial score (nSPS) is 10.2. The molecule has 0 N–H and O–H groups in total. The molecule has 0 aliphatic rings. The Morgan fingerprint density at radius 2 is 2.31 bits per heavy atom. The van der Waals surface area contributed by atoms with E-state index >= 15 is 0 Å². The largest absolute Gasteiger partial charge is 0.296 e. The molecule has 0 fully saturated rings. The molecule has 0 aliphatic heterocycles. The molecule has 2 aromatic heterocycles. The zero-order valence-corrected chi connectivity index (χ0v) is 6.95. The van der Waals surface area contributed by atoms with Crippen LogP contribution in [0.25, 0.3) is 5.69 Å². The molecule has 2 heterocycles. The van der Waals surface area contributed by atoms with Crippen LogP contribution in [-0.2, 0) is 7.05 Å². The summed E-state index contributed by atoms with van der Waals surface area (Å²) in [5, 5.41) is 11.3. The number of rotatable bonds is 2. The fourth-order valence-corrected chi connectivity index (χ4v) is 0.984. The summed E-state index contributed by atoms with van der Waals surface area (Å²) in [7, 11) is 1.81. The van der Waals surface area contributed by atoms with Crippen LogP contribution in [-0.4, -0.2) is 31.1 Å². The lowest BCUT2D eigenvalue weighted by atomic mass is 10.5. The van der Waals surface area contributed by atoms with Gasteiger partial charge in [-0.05, 0) is 0 Å². The average molecular weight is 177 g/mol. The van der Waals surface area contributed by atoms with Crippen molar-refractivity contribution in [2.24, 2.45) is 7.05 Å². The first-order valence-corrected chi connectivity index (χ1v) is 3.66. The van der Waals surface area contributed by atoms with Crippen molar-refractivity contribution < 1.29 is 4.79 Å². The zero-order chi connectivity index (χ0) is 9.26. The monoisotopic (exact) mass is 177 g/mol. The van der Waals surface area contributed by atoms with Gasteiger partial charge in [0.2, 0.25) is 0 Å². The minimum atomic E-state index is 0.309. The topological polar surface area (TPSA) is 65.6 Å². The number of hydrogen-bond donors (Lipinski definition) is 0. The van der Waals surface area contributed by atoms with Gasteiger partial charge in [-0.2, -0.15) is 5.10 Å². The molecule has 0 aliphatic carbocycles. The van der Waals surface area contributed by atoms with Crippen LogP contribution < -0.4 is 0 Å². The average Bonchev–Trinajstić information content (AvgIpc) is 2.71. The molecule has 0 bridgehead atoms. The van der Waals surface area contributed by atoms with E-state index in [1.807, 2.05) is 0 Å². The lowest BCUT2D eigenvalue weighted by molar-refractivity contribution is 0.111. The third-order valence-corrected chi connectivity index (χ3v) is 1.59. The molecule has 6 heteroatoms. The van der Waals surface area contributed by atoms with Gasteiger partial charge in [-0.1, -0.05) is 5.21 Å². The van der Waals surface area contributed by atoms with E-state index in [0.29, 0.717) is 12.0 Å². The Morgan fingerprint density at radius 3 is 2.85 bits per heavy atom. The highest BCUT2D eigenvalue weighted by Crippen LogP contribution is 2.02. The second-order valence-electron chi connectivity index (χ2n) is 2.58. The minimum Gasteiger partial charge on any atom is -0.296 e. The predicted octanol–water partition coefficient (Wildman–Crippen LogP) is -0.187. The minimum absolute atomic E-state index is 0.309. The number of hydrogen-bond acceptors (Lipinski definition) is 4. The van der Waals surface area contributed by atoms with Gasteiger partial charge in [0.05, 0.1) is 18.6 Å². The molecule has 0 saturated heterocycles. The summed E-state index contributed by atoms with van der Waals surface area (Å²) in [5.74, 6) is 0. The van der Waals surface area contributed by atoms with E-state index < -0.39 is 0 Å². The van der Waals surface area contributed by atoms with Crippen LogP contribution in [0.2, 0.25) is 0 Å². The lowest BCUT2D eigenvalue weighted by Gasteiger charge is -1.90. The van der Waals surface area contributed by atoms with Crippen LogP contribution >= 0.6 is 0 Å². The number of aldehydes is 1. The van der Waals surface area contributed by atoms with Gasteiger partial charge in [0, 0.05) is 7.05 Å². The number of aryl methyl sites for hydroxylation is 1. The third kappa shape index (κ3) is 1.33. The maximum absolute atomic E-state index is 10.3. The molecule has 2 aromatic rings. The highest BCUT2D eigenvalue weighted by molar-refractivity contribution is 5.70. The van der Waals surface area contributed by atoms with Crippen LogP contribution in [0.15, 0.2) is 18.6 Å². The first-order chi connectivity index (χ1) is 6.29. The van der Waals surface area contributed by atoms with Gasteiger partial charge >= 0.3 is 0 Å². The molecular formula is C7H7N5O. The third-order valence-electron chi connectivity index (χ3n) is 1.59. The Labute approximate surface area is 73.8 Å². The molecule has 0 unspecified atom stereocenters. The van der Waals surface area contributed by atoms with Crippen molar-refractivity contribution in [3.63, 3.8) is 0 Å². The Balaban J connectivity index is 2.40. The number of carbonyl (C=O) groups is 1. The van der Waals surface area contributed by atoms with E-state index in [1.54, 1.807) is 30.3 Å². The standard InChI is InChI=1S/C7H7N5O/c1-11-4-7(2-8-11)12-3-6(5-13)9-10-12/h2-5H,1H3. The van der Waals surface area contributed by atoms with Gasteiger partial charge in [0.15, 0.2) is 6.29 Å². The highest BCUT2D eigenvalue weighted by Gasteiger charge is 2.02. The molecule has 0 aromatic carbocycles. The van der Waals surface area contributed by atoms with Crippen molar-refractivity contribution in [2.75, 3.05) is 0 Å². The van der Waals surface area contributed by atoms with Crippen molar-refractivity contribution in [3.8, 4) is 5.69 Å². The summed E-state index contributed by atoms with van der Waals surface area (Å²) < 4.78 is 3.15. The van der Waals surface area contributed by atoms with Crippen molar-refractivity contribution in [3.05, 3.63) is 24.3 Å². The van der Waals surface area contributed by atoms with Crippen molar-refractivity contribution in [1.29, 1.82) is 0 Å². The summed E-state index contributed by atoms with van der Waals surface area (Å²) >= 11 is 0. The Kier molecular flexibility index (Phi) is 1.66. The highest BCUT2D eigenvalue weighted by atomic mass is 16.1. The molecule has 2 rings (SSSR count). The predicted molar refractivity (Wildman–Crippen MR) is 43.5 cm³/mol. The molecule has 0 radical (unpaired) electrons. The first-order valence-electron chi connectivity index (χ1n) is 3.66. The van der Waals surface area contributed by atoms with E-state index in [2.05, 4.69) is 15.4 Å². The molecule has 6 nitrogen and oxygen atoms in total. The number of aromatic nitrogens is 5. The summed E-state index contributed by atoms with van der Waals surface area (Å²) in [6, 6.07) is 0. The van der Waals surface area contributed by atoms with Gasteiger partial charge in [-0.25, -0.2) is 4.68 Å². The van der Waals surface area contributed by atoms with Gasteiger partial charge in [0.25, 0.3) is 0 Å². The molecule has 0 amide bonds. The van der Waals surface area contributed by atoms with Crippen LogP contribution in [0.1, 0.15) is 10.5 Å². The van der Waals surface area contributed by atoms with Crippen molar-refractivity contribution in [1.82, 2.24) is 24.8 Å². The van der Waals surface area contributed by atoms with E-state index in [1.165, 1.54) is 4.68 Å². The Hall–Kier alpha value is -1.98. The lowest BCUT2D eigenvalue weighted by Crippen LogP contribution is -1.92. The van der Waals surface area contributed by atoms with Gasteiger partial charge in [-0.3, -0.25) is 9.48 Å². The second-order valence-corrected chi connectivity index (χ2v) is 2.58. The van der Waals surface area contributed by atoms with Crippen LogP contribution in [0.5, 0.6) is 0 Å². The maximum Gasteiger partial charge on any atom is 0.171 e. The van der Waals surface area contributed by atoms with Crippen LogP contribution in [0, 0.1) is 0 Å². The molecule has 0 saturated carbocycles. The van der Waals surface area contributed by atoms with E-state index in [9.17, 15) is 4.79 Å². The van der Waals surface area contributed by atoms with Crippen LogP contribution in [0.4, 0.5) is 0 Å². The van der Waals surface area contributed by atoms with E-state index in [-0.39, 0.29) is 0 Å². The fraction of sp³-hybridized carbons (Fsp3) is 0.143. The summed E-state index contributed by atoms with van der Waals surface area (Å²) in [6.07, 6.45) is 5.62. The molecule has 13 heavy (non-hydrogen) atoms. The fourth-order valence-electron chi connectivity index (χ4n) is 0.984. The molecule has 66 valence electrons. The Morgan fingerprint density at radius 1 is 1.46 bits per heavy atom. The molecule has 0 spiro atoms. The summed E-state index contributed by atoms with van der Waals surface area (Å²) in [5.41, 5.74) is 1.09. The smallest absolute Gasteiger partial charge is 0.171 e. The Bertz CT molecular complexity index is 430. The molecular weight excluding hydrogens is 170 g/mol. The molecule has 0 atom stereocenters. The quantitative estimate of drug-likeness (QED) is 0.596. The van der Waals surface area contributed by atoms with Crippen LogP contribution in [0.3, 0.4) is 0 Å². The number of nitrogens with zero attached hydrogens (tertiary/aromatic N) is 5. The van der Waals surface area contributed by atoms with Gasteiger partial charge < -0.3 is 0 Å². The van der Waals surface area contributed by atoms with E-state index in [4.69, 9.17) is 0 Å². The maximum atomic E-state index is 10.3. The second kappa shape index (κ2) is 2.81.